The van der Waals surface area contributed by atoms with E-state index in [2.05, 4.69) is 16.0 Å². The van der Waals surface area contributed by atoms with Gasteiger partial charge in [0.2, 0.25) is 5.88 Å². The molecule has 0 radical (unpaired) electrons. The Kier molecular flexibility index (Phi) is 5.99. The molecule has 0 saturated carbocycles. The number of ether oxygens (including phenoxy) is 2. The van der Waals surface area contributed by atoms with Crippen molar-refractivity contribution in [3.05, 3.63) is 23.9 Å². The topological polar surface area (TPSA) is 51.7 Å². The van der Waals surface area contributed by atoms with Crippen LogP contribution in [0.25, 0.3) is 0 Å². The molecule has 1 aliphatic heterocycles. The number of nitrogens with zero attached hydrogens (tertiary/aromatic N) is 2. The first-order valence-electron chi connectivity index (χ1n) is 7.50. The minimum atomic E-state index is -0.0995. The monoisotopic (exact) mass is 292 g/mol. The van der Waals surface area contributed by atoms with Gasteiger partial charge in [0, 0.05) is 24.7 Å². The fraction of sp³-hybridized carbons (Fsp3) is 0.625. The molecule has 5 nitrogen and oxygen atoms in total. The number of hydrogen-bond donors (Lipinski definition) is 0. The van der Waals surface area contributed by atoms with Gasteiger partial charge in [-0.15, -0.1) is 0 Å². The molecule has 1 fully saturated rings. The van der Waals surface area contributed by atoms with Gasteiger partial charge in [0.15, 0.2) is 0 Å². The molecule has 0 aromatic carbocycles. The third-order valence-corrected chi connectivity index (χ3v) is 4.13. The van der Waals surface area contributed by atoms with E-state index in [1.165, 1.54) is 7.11 Å². The average molecular weight is 292 g/mol. The van der Waals surface area contributed by atoms with Crippen molar-refractivity contribution < 1.29 is 14.3 Å². The lowest BCUT2D eigenvalue weighted by atomic mass is 9.92. The number of piperidine rings is 1. The summed E-state index contributed by atoms with van der Waals surface area (Å²) in [5.74, 6) is 1.25. The first-order chi connectivity index (χ1) is 10.2. The van der Waals surface area contributed by atoms with E-state index in [1.54, 1.807) is 13.3 Å². The van der Waals surface area contributed by atoms with Gasteiger partial charge in [0.25, 0.3) is 0 Å². The summed E-state index contributed by atoms with van der Waals surface area (Å²) in [4.78, 5) is 17.8. The number of rotatable bonds is 6. The molecule has 1 aromatic rings. The first kappa shape index (κ1) is 15.8. The molecule has 1 aromatic heterocycles. The second kappa shape index (κ2) is 7.98. The van der Waals surface area contributed by atoms with Gasteiger partial charge in [-0.1, -0.05) is 6.07 Å². The van der Waals surface area contributed by atoms with Gasteiger partial charge in [-0.3, -0.25) is 9.69 Å². The van der Waals surface area contributed by atoms with Crippen molar-refractivity contribution >= 4 is 5.97 Å². The molecule has 5 heteroatoms. The van der Waals surface area contributed by atoms with Crippen LogP contribution in [0.15, 0.2) is 18.3 Å². The SMILES string of the molecule is COC(=O)CCC1CCN(Cc2cccnc2OC)CC1. The van der Waals surface area contributed by atoms with E-state index in [9.17, 15) is 4.79 Å². The van der Waals surface area contributed by atoms with Crippen molar-refractivity contribution in [3.8, 4) is 5.88 Å². The Morgan fingerprint density at radius 1 is 1.38 bits per heavy atom. The molecule has 21 heavy (non-hydrogen) atoms. The quantitative estimate of drug-likeness (QED) is 0.753. The lowest BCUT2D eigenvalue weighted by Crippen LogP contribution is -2.33. The smallest absolute Gasteiger partial charge is 0.305 e. The largest absolute Gasteiger partial charge is 0.481 e. The minimum absolute atomic E-state index is 0.0995. The summed E-state index contributed by atoms with van der Waals surface area (Å²) in [6, 6.07) is 4.01. The Bertz CT molecular complexity index is 457. The van der Waals surface area contributed by atoms with Gasteiger partial charge in [-0.05, 0) is 44.3 Å². The number of esters is 1. The third kappa shape index (κ3) is 4.70. The molecule has 0 amide bonds. The molecule has 2 heterocycles. The Hall–Kier alpha value is -1.62. The van der Waals surface area contributed by atoms with Crippen LogP contribution in [0.3, 0.4) is 0 Å². The summed E-state index contributed by atoms with van der Waals surface area (Å²) in [6.07, 6.45) is 5.51. The Morgan fingerprint density at radius 3 is 2.81 bits per heavy atom. The number of likely N-dealkylation sites (tertiary alicyclic amines) is 1. The van der Waals surface area contributed by atoms with Crippen LogP contribution in [-0.2, 0) is 16.1 Å². The predicted molar refractivity (Wildman–Crippen MR) is 80.0 cm³/mol. The molecule has 0 atom stereocenters. The van der Waals surface area contributed by atoms with Crippen molar-refractivity contribution in [2.24, 2.45) is 5.92 Å². The predicted octanol–water partition coefficient (Wildman–Crippen LogP) is 2.26. The molecular formula is C16H24N2O3. The standard InChI is InChI=1S/C16H24N2O3/c1-20-15(19)6-5-13-7-10-18(11-8-13)12-14-4-3-9-17-16(14)21-2/h3-4,9,13H,5-8,10-12H2,1-2H3. The van der Waals surface area contributed by atoms with Gasteiger partial charge in [0.1, 0.15) is 0 Å². The highest BCUT2D eigenvalue weighted by Crippen LogP contribution is 2.24. The summed E-state index contributed by atoms with van der Waals surface area (Å²) in [5, 5.41) is 0. The molecule has 0 N–H and O–H groups in total. The molecule has 0 spiro atoms. The summed E-state index contributed by atoms with van der Waals surface area (Å²) >= 11 is 0. The number of carbonyl (C=O) groups is 1. The van der Waals surface area contributed by atoms with Crippen molar-refractivity contribution in [1.29, 1.82) is 0 Å². The number of aromatic nitrogens is 1. The molecule has 1 aliphatic rings. The van der Waals surface area contributed by atoms with Crippen LogP contribution in [-0.4, -0.2) is 43.2 Å². The second-order valence-electron chi connectivity index (χ2n) is 5.51. The average Bonchev–Trinajstić information content (AvgIpc) is 2.54. The van der Waals surface area contributed by atoms with E-state index in [4.69, 9.17) is 9.47 Å². The highest BCUT2D eigenvalue weighted by Gasteiger charge is 2.21. The first-order valence-corrected chi connectivity index (χ1v) is 7.50. The maximum absolute atomic E-state index is 11.2. The van der Waals surface area contributed by atoms with Crippen LogP contribution >= 0.6 is 0 Å². The van der Waals surface area contributed by atoms with Crippen LogP contribution in [0, 0.1) is 5.92 Å². The van der Waals surface area contributed by atoms with Crippen LogP contribution in [0.5, 0.6) is 5.88 Å². The summed E-state index contributed by atoms with van der Waals surface area (Å²) in [5.41, 5.74) is 1.13. The maximum atomic E-state index is 11.2. The number of pyridine rings is 1. The molecule has 116 valence electrons. The van der Waals surface area contributed by atoms with E-state index >= 15 is 0 Å². The van der Waals surface area contributed by atoms with Crippen LogP contribution in [0.1, 0.15) is 31.2 Å². The lowest BCUT2D eigenvalue weighted by molar-refractivity contribution is -0.141. The summed E-state index contributed by atoms with van der Waals surface area (Å²) < 4.78 is 9.99. The highest BCUT2D eigenvalue weighted by molar-refractivity contribution is 5.69. The molecule has 1 saturated heterocycles. The van der Waals surface area contributed by atoms with Crippen molar-refractivity contribution in [2.45, 2.75) is 32.2 Å². The van der Waals surface area contributed by atoms with Gasteiger partial charge < -0.3 is 9.47 Å². The number of hydrogen-bond acceptors (Lipinski definition) is 5. The molecule has 0 aliphatic carbocycles. The van der Waals surface area contributed by atoms with Crippen LogP contribution in [0.2, 0.25) is 0 Å². The number of methoxy groups -OCH3 is 2. The highest BCUT2D eigenvalue weighted by atomic mass is 16.5. The second-order valence-corrected chi connectivity index (χ2v) is 5.51. The Labute approximate surface area is 126 Å². The molecule has 0 unspecified atom stereocenters. The van der Waals surface area contributed by atoms with Gasteiger partial charge in [-0.2, -0.15) is 0 Å². The fourth-order valence-corrected chi connectivity index (χ4v) is 2.83. The maximum Gasteiger partial charge on any atom is 0.305 e. The summed E-state index contributed by atoms with van der Waals surface area (Å²) in [7, 11) is 3.11. The zero-order valence-electron chi connectivity index (χ0n) is 12.9. The zero-order chi connectivity index (χ0) is 15.1. The van der Waals surface area contributed by atoms with Gasteiger partial charge in [-0.25, -0.2) is 4.98 Å². The summed E-state index contributed by atoms with van der Waals surface area (Å²) in [6.45, 7) is 2.99. The normalized spacial score (nSPS) is 16.7. The third-order valence-electron chi connectivity index (χ3n) is 4.13. The molecular weight excluding hydrogens is 268 g/mol. The van der Waals surface area contributed by atoms with Crippen molar-refractivity contribution in [1.82, 2.24) is 9.88 Å². The van der Waals surface area contributed by atoms with E-state index in [0.717, 1.165) is 44.5 Å². The van der Waals surface area contributed by atoms with Crippen molar-refractivity contribution in [2.75, 3.05) is 27.3 Å². The van der Waals surface area contributed by atoms with E-state index in [-0.39, 0.29) is 5.97 Å². The molecule has 2 rings (SSSR count). The van der Waals surface area contributed by atoms with Crippen LogP contribution < -0.4 is 4.74 Å². The lowest BCUT2D eigenvalue weighted by Gasteiger charge is -2.32. The van der Waals surface area contributed by atoms with Gasteiger partial charge in [0.05, 0.1) is 14.2 Å². The van der Waals surface area contributed by atoms with Gasteiger partial charge >= 0.3 is 5.97 Å². The zero-order valence-corrected chi connectivity index (χ0v) is 12.9. The fourth-order valence-electron chi connectivity index (χ4n) is 2.83. The number of carbonyl (C=O) groups excluding carboxylic acids is 1. The van der Waals surface area contributed by atoms with Crippen LogP contribution in [0.4, 0.5) is 0 Å². The van der Waals surface area contributed by atoms with Crippen molar-refractivity contribution in [3.63, 3.8) is 0 Å². The Morgan fingerprint density at radius 2 is 2.14 bits per heavy atom. The molecule has 0 bridgehead atoms. The van der Waals surface area contributed by atoms with E-state index in [0.29, 0.717) is 18.2 Å². The Balaban J connectivity index is 1.77. The van der Waals surface area contributed by atoms with E-state index < -0.39 is 0 Å². The minimum Gasteiger partial charge on any atom is -0.481 e. The van der Waals surface area contributed by atoms with E-state index in [1.807, 2.05) is 6.07 Å².